The summed E-state index contributed by atoms with van der Waals surface area (Å²) in [7, 11) is 1.34. The lowest BCUT2D eigenvalue weighted by atomic mass is 10.4. The summed E-state index contributed by atoms with van der Waals surface area (Å²) in [6.45, 7) is -0.386. The van der Waals surface area contributed by atoms with Crippen molar-refractivity contribution in [2.45, 2.75) is 12.6 Å². The van der Waals surface area contributed by atoms with Crippen molar-refractivity contribution in [3.05, 3.63) is 0 Å². The van der Waals surface area contributed by atoms with Crippen molar-refractivity contribution in [3.8, 4) is 0 Å². The zero-order valence-electron chi connectivity index (χ0n) is 5.96. The Hall–Kier alpha value is -0.940. The maximum Gasteiger partial charge on any atom is 0.390 e. The summed E-state index contributed by atoms with van der Waals surface area (Å²) in [4.78, 5) is 10.3. The van der Waals surface area contributed by atoms with Gasteiger partial charge in [-0.2, -0.15) is 13.2 Å². The van der Waals surface area contributed by atoms with Crippen LogP contribution in [0.25, 0.3) is 0 Å². The summed E-state index contributed by atoms with van der Waals surface area (Å²) < 4.78 is 34.3. The molecule has 0 bridgehead atoms. The first-order chi connectivity index (χ1) is 4.95. The molecule has 0 aromatic heterocycles. The molecule has 11 heavy (non-hydrogen) atoms. The summed E-state index contributed by atoms with van der Waals surface area (Å²) >= 11 is 0. The van der Waals surface area contributed by atoms with Crippen LogP contribution in [0.3, 0.4) is 0 Å². The normalized spacial score (nSPS) is 10.9. The number of amides is 2. The molecule has 0 heterocycles. The van der Waals surface area contributed by atoms with E-state index in [2.05, 4.69) is 5.32 Å². The number of urea groups is 1. The third-order valence-electron chi connectivity index (χ3n) is 0.921. The molecule has 0 atom stereocenters. The third-order valence-corrected chi connectivity index (χ3v) is 0.921. The van der Waals surface area contributed by atoms with Gasteiger partial charge >= 0.3 is 12.2 Å². The lowest BCUT2D eigenvalue weighted by Gasteiger charge is -2.06. The number of carbonyl (C=O) groups is 1. The van der Waals surface area contributed by atoms with Crippen molar-refractivity contribution >= 4 is 6.03 Å². The molecule has 0 fully saturated rings. The largest absolute Gasteiger partial charge is 0.390 e. The molecule has 0 unspecified atom stereocenters. The van der Waals surface area contributed by atoms with Gasteiger partial charge in [0.2, 0.25) is 0 Å². The van der Waals surface area contributed by atoms with Crippen LogP contribution in [-0.2, 0) is 0 Å². The highest BCUT2D eigenvalue weighted by atomic mass is 19.4. The fourth-order valence-electron chi connectivity index (χ4n) is 0.406. The van der Waals surface area contributed by atoms with Crippen LogP contribution in [0.4, 0.5) is 18.0 Å². The quantitative estimate of drug-likeness (QED) is 0.634. The molecule has 3 nitrogen and oxygen atoms in total. The molecular formula is C5H9F3N2O. The van der Waals surface area contributed by atoms with Crippen LogP contribution in [0.5, 0.6) is 0 Å². The summed E-state index contributed by atoms with van der Waals surface area (Å²) in [5.74, 6) is 0. The second kappa shape index (κ2) is 4.05. The second-order valence-corrected chi connectivity index (χ2v) is 1.87. The van der Waals surface area contributed by atoms with Crippen molar-refractivity contribution in [2.24, 2.45) is 0 Å². The fourth-order valence-corrected chi connectivity index (χ4v) is 0.406. The SMILES string of the molecule is CNC(=O)NCCC(F)(F)F. The summed E-state index contributed by atoms with van der Waals surface area (Å²) in [5, 5.41) is 4.15. The van der Waals surface area contributed by atoms with Crippen molar-refractivity contribution < 1.29 is 18.0 Å². The highest BCUT2D eigenvalue weighted by molar-refractivity contribution is 5.73. The minimum atomic E-state index is -4.21. The number of alkyl halides is 3. The smallest absolute Gasteiger partial charge is 0.341 e. The number of hydrogen-bond donors (Lipinski definition) is 2. The van der Waals surface area contributed by atoms with Gasteiger partial charge in [0.1, 0.15) is 0 Å². The predicted molar refractivity (Wildman–Crippen MR) is 33.1 cm³/mol. The fraction of sp³-hybridized carbons (Fsp3) is 0.800. The van der Waals surface area contributed by atoms with Crippen LogP contribution in [-0.4, -0.2) is 25.8 Å². The molecule has 6 heteroatoms. The van der Waals surface area contributed by atoms with E-state index in [0.717, 1.165) is 0 Å². The van der Waals surface area contributed by atoms with E-state index >= 15 is 0 Å². The molecule has 0 aromatic rings. The van der Waals surface area contributed by atoms with Gasteiger partial charge in [0.25, 0.3) is 0 Å². The zero-order valence-corrected chi connectivity index (χ0v) is 5.96. The molecule has 0 rings (SSSR count). The van der Waals surface area contributed by atoms with Gasteiger partial charge in [-0.25, -0.2) is 4.79 Å². The molecule has 0 radical (unpaired) electrons. The Balaban J connectivity index is 3.35. The molecular weight excluding hydrogens is 161 g/mol. The molecule has 0 aliphatic rings. The third kappa shape index (κ3) is 6.95. The van der Waals surface area contributed by atoms with E-state index in [0.29, 0.717) is 0 Å². The zero-order chi connectivity index (χ0) is 8.91. The monoisotopic (exact) mass is 170 g/mol. The van der Waals surface area contributed by atoms with Gasteiger partial charge in [0.15, 0.2) is 0 Å². The van der Waals surface area contributed by atoms with Crippen molar-refractivity contribution in [2.75, 3.05) is 13.6 Å². The van der Waals surface area contributed by atoms with Gasteiger partial charge in [0.05, 0.1) is 6.42 Å². The van der Waals surface area contributed by atoms with Crippen LogP contribution in [0, 0.1) is 0 Å². The first kappa shape index (κ1) is 10.1. The first-order valence-electron chi connectivity index (χ1n) is 2.98. The van der Waals surface area contributed by atoms with E-state index in [1.54, 1.807) is 0 Å². The van der Waals surface area contributed by atoms with E-state index in [4.69, 9.17) is 0 Å². The second-order valence-electron chi connectivity index (χ2n) is 1.87. The summed E-state index contributed by atoms with van der Waals surface area (Å²) in [6.07, 6.45) is -5.21. The predicted octanol–water partition coefficient (Wildman–Crippen LogP) is 0.868. The highest BCUT2D eigenvalue weighted by Crippen LogP contribution is 2.17. The number of carbonyl (C=O) groups excluding carboxylic acids is 1. The van der Waals surface area contributed by atoms with Crippen LogP contribution in [0.1, 0.15) is 6.42 Å². The van der Waals surface area contributed by atoms with E-state index in [-0.39, 0.29) is 6.54 Å². The lowest BCUT2D eigenvalue weighted by Crippen LogP contribution is -2.34. The average molecular weight is 170 g/mol. The summed E-state index contributed by atoms with van der Waals surface area (Å²) in [6, 6.07) is -0.603. The first-order valence-corrected chi connectivity index (χ1v) is 2.98. The van der Waals surface area contributed by atoms with E-state index < -0.39 is 18.6 Å². The Morgan fingerprint density at radius 1 is 1.45 bits per heavy atom. The molecule has 0 aliphatic heterocycles. The molecule has 0 aromatic carbocycles. The van der Waals surface area contributed by atoms with Crippen molar-refractivity contribution in [3.63, 3.8) is 0 Å². The minimum Gasteiger partial charge on any atom is -0.341 e. The Kier molecular flexibility index (Phi) is 3.70. The number of halogens is 3. The maximum absolute atomic E-state index is 11.4. The highest BCUT2D eigenvalue weighted by Gasteiger charge is 2.26. The Bertz CT molecular complexity index is 134. The van der Waals surface area contributed by atoms with Gasteiger partial charge in [-0.15, -0.1) is 0 Å². The van der Waals surface area contributed by atoms with Crippen LogP contribution in [0.15, 0.2) is 0 Å². The van der Waals surface area contributed by atoms with Crippen LogP contribution < -0.4 is 10.6 Å². The van der Waals surface area contributed by atoms with Gasteiger partial charge in [0, 0.05) is 13.6 Å². The van der Waals surface area contributed by atoms with E-state index in [9.17, 15) is 18.0 Å². The molecule has 0 saturated carbocycles. The Morgan fingerprint density at radius 2 is 2.00 bits per heavy atom. The lowest BCUT2D eigenvalue weighted by molar-refractivity contribution is -0.132. The molecule has 66 valence electrons. The molecule has 0 aliphatic carbocycles. The van der Waals surface area contributed by atoms with Gasteiger partial charge in [-0.05, 0) is 0 Å². The maximum atomic E-state index is 11.4. The van der Waals surface area contributed by atoms with Crippen molar-refractivity contribution in [1.29, 1.82) is 0 Å². The average Bonchev–Trinajstić information content (AvgIpc) is 1.85. The van der Waals surface area contributed by atoms with E-state index in [1.165, 1.54) is 7.05 Å². The number of rotatable bonds is 2. The number of nitrogens with one attached hydrogen (secondary N) is 2. The summed E-state index contributed by atoms with van der Waals surface area (Å²) in [5.41, 5.74) is 0. The Labute approximate surface area is 62.0 Å². The van der Waals surface area contributed by atoms with Gasteiger partial charge < -0.3 is 10.6 Å². The van der Waals surface area contributed by atoms with Crippen molar-refractivity contribution in [1.82, 2.24) is 10.6 Å². The topological polar surface area (TPSA) is 41.1 Å². The molecule has 0 saturated heterocycles. The molecule has 2 amide bonds. The standard InChI is InChI=1S/C5H9F3N2O/c1-9-4(11)10-3-2-5(6,7)8/h2-3H2,1H3,(H2,9,10,11). The minimum absolute atomic E-state index is 0.386. The Morgan fingerprint density at radius 3 is 2.36 bits per heavy atom. The van der Waals surface area contributed by atoms with E-state index in [1.807, 2.05) is 5.32 Å². The van der Waals surface area contributed by atoms with Gasteiger partial charge in [-0.3, -0.25) is 0 Å². The molecule has 0 spiro atoms. The number of hydrogen-bond acceptors (Lipinski definition) is 1. The van der Waals surface area contributed by atoms with Crippen LogP contribution in [0.2, 0.25) is 0 Å². The van der Waals surface area contributed by atoms with Crippen LogP contribution >= 0.6 is 0 Å². The molecule has 2 N–H and O–H groups in total. The van der Waals surface area contributed by atoms with Gasteiger partial charge in [-0.1, -0.05) is 0 Å².